The molecule has 0 fully saturated rings. The number of nitrogens with zero attached hydrogens (tertiary/aromatic N) is 2. The van der Waals surface area contributed by atoms with Crippen molar-refractivity contribution < 1.29 is 19.1 Å². The SMILES string of the molecule is COCCCN(CC(=O)N1CCc2sccc2C1c1ccc(OC)cc1)C(=O)c1ccc(-c2ccccc2)cc1. The van der Waals surface area contributed by atoms with E-state index in [-0.39, 0.29) is 24.4 Å². The molecule has 0 aliphatic carbocycles. The smallest absolute Gasteiger partial charge is 0.254 e. The van der Waals surface area contributed by atoms with Crippen LogP contribution in [-0.4, -0.2) is 62.1 Å². The first-order valence-electron chi connectivity index (χ1n) is 13.5. The number of methoxy groups -OCH3 is 2. The summed E-state index contributed by atoms with van der Waals surface area (Å²) < 4.78 is 10.6. The van der Waals surface area contributed by atoms with Gasteiger partial charge in [-0.2, -0.15) is 0 Å². The van der Waals surface area contributed by atoms with Crippen molar-refractivity contribution in [2.24, 2.45) is 0 Å². The van der Waals surface area contributed by atoms with Gasteiger partial charge >= 0.3 is 0 Å². The van der Waals surface area contributed by atoms with Gasteiger partial charge in [0, 0.05) is 37.2 Å². The molecule has 0 saturated heterocycles. The van der Waals surface area contributed by atoms with Crippen LogP contribution in [0.4, 0.5) is 0 Å². The number of fused-ring (bicyclic) bond motifs is 1. The van der Waals surface area contributed by atoms with E-state index >= 15 is 0 Å². The first-order valence-corrected chi connectivity index (χ1v) is 14.4. The van der Waals surface area contributed by atoms with E-state index in [9.17, 15) is 9.59 Å². The average Bonchev–Trinajstić information content (AvgIpc) is 3.49. The molecular formula is C33H34N2O4S. The van der Waals surface area contributed by atoms with E-state index in [0.29, 0.717) is 31.7 Å². The molecule has 4 aromatic rings. The van der Waals surface area contributed by atoms with Crippen molar-refractivity contribution in [2.75, 3.05) is 40.5 Å². The Morgan fingerprint density at radius 3 is 2.35 bits per heavy atom. The lowest BCUT2D eigenvalue weighted by molar-refractivity contribution is -0.134. The van der Waals surface area contributed by atoms with Crippen LogP contribution in [-0.2, 0) is 16.0 Å². The minimum atomic E-state index is -0.200. The summed E-state index contributed by atoms with van der Waals surface area (Å²) in [6, 6.07) is 27.5. The number of hydrogen-bond acceptors (Lipinski definition) is 5. The molecule has 6 nitrogen and oxygen atoms in total. The number of amides is 2. The van der Waals surface area contributed by atoms with Crippen molar-refractivity contribution in [1.82, 2.24) is 9.80 Å². The average molecular weight is 555 g/mol. The fourth-order valence-corrected chi connectivity index (χ4v) is 6.16. The summed E-state index contributed by atoms with van der Waals surface area (Å²) in [5.74, 6) is 0.554. The van der Waals surface area contributed by atoms with Crippen LogP contribution in [0.5, 0.6) is 5.75 Å². The van der Waals surface area contributed by atoms with E-state index in [1.54, 1.807) is 30.5 Å². The number of benzene rings is 3. The second kappa shape index (κ2) is 12.9. The highest BCUT2D eigenvalue weighted by atomic mass is 32.1. The molecule has 1 aromatic heterocycles. The Hall–Kier alpha value is -3.94. The van der Waals surface area contributed by atoms with Gasteiger partial charge < -0.3 is 19.3 Å². The first kappa shape index (κ1) is 27.6. The minimum absolute atomic E-state index is 0.00904. The van der Waals surface area contributed by atoms with Gasteiger partial charge in [0.15, 0.2) is 0 Å². The normalized spacial score (nSPS) is 14.4. The predicted octanol–water partition coefficient (Wildman–Crippen LogP) is 6.08. The minimum Gasteiger partial charge on any atom is -0.497 e. The molecule has 0 spiro atoms. The van der Waals surface area contributed by atoms with Gasteiger partial charge in [-0.1, -0.05) is 54.6 Å². The molecule has 7 heteroatoms. The van der Waals surface area contributed by atoms with Crippen LogP contribution in [0.15, 0.2) is 90.3 Å². The molecular weight excluding hydrogens is 520 g/mol. The third-order valence-corrected chi connectivity index (χ3v) is 8.34. The van der Waals surface area contributed by atoms with Crippen LogP contribution in [0.2, 0.25) is 0 Å². The fraction of sp³-hybridized carbons (Fsp3) is 0.273. The van der Waals surface area contributed by atoms with Crippen LogP contribution in [0.3, 0.4) is 0 Å². The van der Waals surface area contributed by atoms with E-state index in [1.807, 2.05) is 83.8 Å². The molecule has 1 aliphatic heterocycles. The maximum atomic E-state index is 13.9. The molecule has 3 aromatic carbocycles. The summed E-state index contributed by atoms with van der Waals surface area (Å²) in [5, 5.41) is 2.09. The number of thiophene rings is 1. The van der Waals surface area contributed by atoms with Gasteiger partial charge in [-0.15, -0.1) is 11.3 Å². The van der Waals surface area contributed by atoms with Gasteiger partial charge in [0.2, 0.25) is 5.91 Å². The Kier molecular flexibility index (Phi) is 8.94. The molecule has 1 atom stereocenters. The lowest BCUT2D eigenvalue weighted by Crippen LogP contribution is -2.47. The second-order valence-electron chi connectivity index (χ2n) is 9.83. The topological polar surface area (TPSA) is 59.1 Å². The van der Waals surface area contributed by atoms with Crippen molar-refractivity contribution in [1.29, 1.82) is 0 Å². The first-order chi connectivity index (χ1) is 19.6. The Morgan fingerprint density at radius 2 is 1.65 bits per heavy atom. The van der Waals surface area contributed by atoms with E-state index < -0.39 is 0 Å². The number of hydrogen-bond donors (Lipinski definition) is 0. The highest BCUT2D eigenvalue weighted by molar-refractivity contribution is 7.10. The number of carbonyl (C=O) groups excluding carboxylic acids is 2. The summed E-state index contributed by atoms with van der Waals surface area (Å²) in [5.41, 5.74) is 4.89. The monoisotopic (exact) mass is 554 g/mol. The van der Waals surface area contributed by atoms with Gasteiger partial charge in [0.05, 0.1) is 13.2 Å². The molecule has 5 rings (SSSR count). The molecule has 1 aliphatic rings. The predicted molar refractivity (Wildman–Crippen MR) is 159 cm³/mol. The Balaban J connectivity index is 1.38. The molecule has 0 radical (unpaired) electrons. The molecule has 1 unspecified atom stereocenters. The molecule has 0 saturated carbocycles. The highest BCUT2D eigenvalue weighted by Gasteiger charge is 2.34. The van der Waals surface area contributed by atoms with E-state index in [2.05, 4.69) is 11.4 Å². The van der Waals surface area contributed by atoms with Crippen LogP contribution in [0.25, 0.3) is 11.1 Å². The Morgan fingerprint density at radius 1 is 0.925 bits per heavy atom. The van der Waals surface area contributed by atoms with Crippen molar-refractivity contribution >= 4 is 23.2 Å². The van der Waals surface area contributed by atoms with Crippen LogP contribution < -0.4 is 4.74 Å². The van der Waals surface area contributed by atoms with Crippen molar-refractivity contribution in [3.63, 3.8) is 0 Å². The Labute approximate surface area is 239 Å². The van der Waals surface area contributed by atoms with Crippen molar-refractivity contribution in [3.05, 3.63) is 112 Å². The van der Waals surface area contributed by atoms with E-state index in [1.165, 1.54) is 4.88 Å². The highest BCUT2D eigenvalue weighted by Crippen LogP contribution is 2.38. The summed E-state index contributed by atoms with van der Waals surface area (Å²) in [6.07, 6.45) is 1.46. The summed E-state index contributed by atoms with van der Waals surface area (Å²) in [7, 11) is 3.29. The number of rotatable bonds is 10. The third-order valence-electron chi connectivity index (χ3n) is 7.35. The van der Waals surface area contributed by atoms with Crippen LogP contribution in [0.1, 0.15) is 38.8 Å². The van der Waals surface area contributed by atoms with Crippen molar-refractivity contribution in [3.8, 4) is 16.9 Å². The van der Waals surface area contributed by atoms with Gasteiger partial charge in [0.25, 0.3) is 5.91 Å². The maximum Gasteiger partial charge on any atom is 0.254 e. The lowest BCUT2D eigenvalue weighted by atomic mass is 9.93. The fourth-order valence-electron chi connectivity index (χ4n) is 5.26. The van der Waals surface area contributed by atoms with E-state index in [4.69, 9.17) is 9.47 Å². The zero-order chi connectivity index (χ0) is 27.9. The molecule has 2 heterocycles. The quantitative estimate of drug-likeness (QED) is 0.223. The summed E-state index contributed by atoms with van der Waals surface area (Å²) in [4.78, 5) is 32.5. The zero-order valence-electron chi connectivity index (χ0n) is 22.9. The molecule has 206 valence electrons. The van der Waals surface area contributed by atoms with Gasteiger partial charge in [0.1, 0.15) is 12.3 Å². The standard InChI is InChI=1S/C33H34N2O4S/c1-38-21-6-19-34(33(37)27-11-9-25(10-12-27)24-7-4-3-5-8-24)23-31(36)35-20-17-30-29(18-22-40-30)32(35)26-13-15-28(39-2)16-14-26/h3-5,7-16,18,22,32H,6,17,19-21,23H2,1-2H3. The number of carbonyl (C=O) groups is 2. The largest absolute Gasteiger partial charge is 0.497 e. The molecule has 0 N–H and O–H groups in total. The lowest BCUT2D eigenvalue weighted by Gasteiger charge is -2.37. The second-order valence-corrected chi connectivity index (χ2v) is 10.8. The van der Waals surface area contributed by atoms with Crippen LogP contribution in [0, 0.1) is 0 Å². The Bertz CT molecular complexity index is 1420. The molecule has 0 bridgehead atoms. The maximum absolute atomic E-state index is 13.9. The molecule has 2 amide bonds. The summed E-state index contributed by atoms with van der Waals surface area (Å²) in [6.45, 7) is 1.56. The van der Waals surface area contributed by atoms with Gasteiger partial charge in [-0.3, -0.25) is 9.59 Å². The van der Waals surface area contributed by atoms with Crippen LogP contribution >= 0.6 is 11.3 Å². The van der Waals surface area contributed by atoms with Gasteiger partial charge in [-0.25, -0.2) is 0 Å². The van der Waals surface area contributed by atoms with Crippen molar-refractivity contribution in [2.45, 2.75) is 18.9 Å². The summed E-state index contributed by atoms with van der Waals surface area (Å²) >= 11 is 1.73. The third kappa shape index (κ3) is 6.11. The number of ether oxygens (including phenoxy) is 2. The zero-order valence-corrected chi connectivity index (χ0v) is 23.7. The van der Waals surface area contributed by atoms with Gasteiger partial charge in [-0.05, 0) is 70.8 Å². The molecule has 40 heavy (non-hydrogen) atoms. The van der Waals surface area contributed by atoms with E-state index in [0.717, 1.165) is 34.4 Å².